The molecular weight excluding hydrogens is 415 g/mol. The van der Waals surface area contributed by atoms with Crippen molar-refractivity contribution in [1.82, 2.24) is 14.8 Å². The summed E-state index contributed by atoms with van der Waals surface area (Å²) in [6.45, 7) is 2.86. The highest BCUT2D eigenvalue weighted by molar-refractivity contribution is 7.99. The minimum absolute atomic E-state index is 0.191. The lowest BCUT2D eigenvalue weighted by atomic mass is 10.1. The lowest BCUT2D eigenvalue weighted by Crippen LogP contribution is -2.15. The predicted octanol–water partition coefficient (Wildman–Crippen LogP) is 5.65. The smallest absolute Gasteiger partial charge is 0.234 e. The summed E-state index contributed by atoms with van der Waals surface area (Å²) in [4.78, 5) is 12.3. The first-order chi connectivity index (χ1) is 12.5. The van der Waals surface area contributed by atoms with Gasteiger partial charge in [-0.05, 0) is 31.9 Å². The number of halogens is 3. The number of nitrogens with one attached hydrogen (secondary N) is 1. The summed E-state index contributed by atoms with van der Waals surface area (Å²) in [6.07, 6.45) is 4.82. The number of rotatable bonds is 6. The van der Waals surface area contributed by atoms with Gasteiger partial charge in [-0.3, -0.25) is 4.79 Å². The monoisotopic (exact) mass is 432 g/mol. The Morgan fingerprint density at radius 2 is 1.88 bits per heavy atom. The van der Waals surface area contributed by atoms with Crippen LogP contribution in [0.2, 0.25) is 15.1 Å². The van der Waals surface area contributed by atoms with Crippen LogP contribution in [-0.4, -0.2) is 26.4 Å². The van der Waals surface area contributed by atoms with Crippen molar-refractivity contribution in [3.8, 4) is 0 Å². The number of benzene rings is 1. The Morgan fingerprint density at radius 3 is 2.58 bits per heavy atom. The van der Waals surface area contributed by atoms with E-state index < -0.39 is 0 Å². The summed E-state index contributed by atoms with van der Waals surface area (Å²) >= 11 is 19.3. The van der Waals surface area contributed by atoms with E-state index in [2.05, 4.69) is 27.0 Å². The molecule has 5 nitrogen and oxygen atoms in total. The zero-order chi connectivity index (χ0) is 18.7. The maximum Gasteiger partial charge on any atom is 0.234 e. The maximum absolute atomic E-state index is 12.3. The highest BCUT2D eigenvalue weighted by Gasteiger charge is 2.24. The molecule has 1 aliphatic carbocycles. The average molecular weight is 434 g/mol. The number of hydrogen-bond donors (Lipinski definition) is 1. The van der Waals surface area contributed by atoms with Crippen LogP contribution in [0.4, 0.5) is 5.69 Å². The van der Waals surface area contributed by atoms with Crippen molar-refractivity contribution in [2.75, 3.05) is 11.1 Å². The fraction of sp³-hybridized carbons (Fsp3) is 0.471. The molecule has 9 heteroatoms. The fourth-order valence-corrected chi connectivity index (χ4v) is 4.53. The van der Waals surface area contributed by atoms with Gasteiger partial charge in [0.05, 0.1) is 26.5 Å². The van der Waals surface area contributed by atoms with Crippen LogP contribution in [0.1, 0.15) is 44.3 Å². The second-order valence-corrected chi connectivity index (χ2v) is 8.31. The number of anilines is 1. The van der Waals surface area contributed by atoms with Crippen molar-refractivity contribution >= 4 is 58.2 Å². The van der Waals surface area contributed by atoms with Gasteiger partial charge in [0.25, 0.3) is 0 Å². The number of carbonyl (C=O) groups excluding carboxylic acids is 1. The number of hydrogen-bond acceptors (Lipinski definition) is 4. The van der Waals surface area contributed by atoms with E-state index in [4.69, 9.17) is 34.8 Å². The summed E-state index contributed by atoms with van der Waals surface area (Å²) < 4.78 is 2.11. The van der Waals surface area contributed by atoms with Gasteiger partial charge in [0.2, 0.25) is 5.91 Å². The molecule has 26 heavy (non-hydrogen) atoms. The van der Waals surface area contributed by atoms with Crippen molar-refractivity contribution in [2.45, 2.75) is 50.2 Å². The van der Waals surface area contributed by atoms with Gasteiger partial charge >= 0.3 is 0 Å². The molecule has 1 aromatic heterocycles. The van der Waals surface area contributed by atoms with E-state index in [-0.39, 0.29) is 11.7 Å². The summed E-state index contributed by atoms with van der Waals surface area (Å²) in [5.41, 5.74) is 0.440. The maximum atomic E-state index is 12.3. The van der Waals surface area contributed by atoms with Crippen molar-refractivity contribution in [2.24, 2.45) is 0 Å². The summed E-state index contributed by atoms with van der Waals surface area (Å²) in [5, 5.41) is 13.2. The molecule has 1 fully saturated rings. The Labute approximate surface area is 171 Å². The summed E-state index contributed by atoms with van der Waals surface area (Å²) in [7, 11) is 0. The SMILES string of the molecule is CCn1c(SCC(=O)Nc2cc(Cl)c(Cl)cc2Cl)nnc1C1CCCC1. The Balaban J connectivity index is 1.64. The van der Waals surface area contributed by atoms with Crippen molar-refractivity contribution in [3.63, 3.8) is 0 Å². The molecule has 2 aromatic rings. The van der Waals surface area contributed by atoms with Gasteiger partial charge in [0, 0.05) is 12.5 Å². The standard InChI is InChI=1S/C17H19Cl3N4OS/c1-2-24-16(10-5-3-4-6-10)22-23-17(24)26-9-15(25)21-14-8-12(19)11(18)7-13(14)20/h7-8,10H,2-6,9H2,1H3,(H,21,25). The summed E-state index contributed by atoms with van der Waals surface area (Å²) in [6, 6.07) is 3.05. The number of thioether (sulfide) groups is 1. The van der Waals surface area contributed by atoms with Gasteiger partial charge in [0.1, 0.15) is 5.82 Å². The van der Waals surface area contributed by atoms with E-state index in [0.717, 1.165) is 17.5 Å². The molecule has 0 bridgehead atoms. The van der Waals surface area contributed by atoms with E-state index in [9.17, 15) is 4.79 Å². The molecule has 0 saturated heterocycles. The summed E-state index contributed by atoms with van der Waals surface area (Å²) in [5.74, 6) is 1.55. The number of carbonyl (C=O) groups is 1. The Bertz CT molecular complexity index is 806. The third kappa shape index (κ3) is 4.47. The van der Waals surface area contributed by atoms with E-state index in [1.54, 1.807) is 6.07 Å². The van der Waals surface area contributed by atoms with Crippen LogP contribution < -0.4 is 5.32 Å². The highest BCUT2D eigenvalue weighted by Crippen LogP contribution is 2.35. The first-order valence-corrected chi connectivity index (χ1v) is 10.6. The normalized spacial score (nSPS) is 14.8. The molecule has 0 radical (unpaired) electrons. The molecule has 1 N–H and O–H groups in total. The second-order valence-electron chi connectivity index (χ2n) is 6.15. The fourth-order valence-electron chi connectivity index (χ4n) is 3.12. The number of aromatic nitrogens is 3. The van der Waals surface area contributed by atoms with Crippen LogP contribution in [0.15, 0.2) is 17.3 Å². The molecular formula is C17H19Cl3N4OS. The molecule has 140 valence electrons. The third-order valence-electron chi connectivity index (χ3n) is 4.40. The molecule has 1 aromatic carbocycles. The van der Waals surface area contributed by atoms with Crippen LogP contribution in [0.25, 0.3) is 0 Å². The highest BCUT2D eigenvalue weighted by atomic mass is 35.5. The van der Waals surface area contributed by atoms with E-state index >= 15 is 0 Å². The van der Waals surface area contributed by atoms with Crippen molar-refractivity contribution in [3.05, 3.63) is 33.0 Å². The van der Waals surface area contributed by atoms with Gasteiger partial charge in [-0.15, -0.1) is 10.2 Å². The lowest BCUT2D eigenvalue weighted by molar-refractivity contribution is -0.113. The van der Waals surface area contributed by atoms with Crippen LogP contribution in [-0.2, 0) is 11.3 Å². The van der Waals surface area contributed by atoms with Gasteiger partial charge < -0.3 is 9.88 Å². The molecule has 1 heterocycles. The van der Waals surface area contributed by atoms with Gasteiger partial charge in [-0.25, -0.2) is 0 Å². The zero-order valence-electron chi connectivity index (χ0n) is 14.3. The van der Waals surface area contributed by atoms with E-state index in [1.807, 2.05) is 0 Å². The van der Waals surface area contributed by atoms with Gasteiger partial charge in [0.15, 0.2) is 5.16 Å². The molecule has 1 saturated carbocycles. The Hall–Kier alpha value is -0.950. The van der Waals surface area contributed by atoms with Crippen LogP contribution in [0.3, 0.4) is 0 Å². The quantitative estimate of drug-likeness (QED) is 0.472. The number of nitrogens with zero attached hydrogens (tertiary/aromatic N) is 3. The Morgan fingerprint density at radius 1 is 1.19 bits per heavy atom. The molecule has 0 spiro atoms. The minimum Gasteiger partial charge on any atom is -0.324 e. The van der Waals surface area contributed by atoms with Crippen LogP contribution in [0.5, 0.6) is 0 Å². The first-order valence-electron chi connectivity index (χ1n) is 8.50. The first kappa shape index (κ1) is 19.8. The Kier molecular flexibility index (Phi) is 6.72. The van der Waals surface area contributed by atoms with Crippen LogP contribution >= 0.6 is 46.6 Å². The minimum atomic E-state index is -0.191. The largest absolute Gasteiger partial charge is 0.324 e. The molecule has 1 amide bonds. The van der Waals surface area contributed by atoms with Crippen LogP contribution in [0, 0.1) is 0 Å². The number of amides is 1. The van der Waals surface area contributed by atoms with Crippen molar-refractivity contribution < 1.29 is 4.79 Å². The molecule has 0 atom stereocenters. The van der Waals surface area contributed by atoms with E-state index in [1.165, 1.54) is 43.5 Å². The molecule has 1 aliphatic rings. The third-order valence-corrected chi connectivity index (χ3v) is 6.40. The molecule has 0 aliphatic heterocycles. The molecule has 0 unspecified atom stereocenters. The van der Waals surface area contributed by atoms with Crippen molar-refractivity contribution in [1.29, 1.82) is 0 Å². The average Bonchev–Trinajstić information content (AvgIpc) is 3.26. The van der Waals surface area contributed by atoms with Gasteiger partial charge in [-0.2, -0.15) is 0 Å². The van der Waals surface area contributed by atoms with Gasteiger partial charge in [-0.1, -0.05) is 59.4 Å². The second kappa shape index (κ2) is 8.83. The molecule has 3 rings (SSSR count). The topological polar surface area (TPSA) is 59.8 Å². The van der Waals surface area contributed by atoms with E-state index in [0.29, 0.717) is 26.7 Å². The predicted molar refractivity (Wildman–Crippen MR) is 108 cm³/mol. The lowest BCUT2D eigenvalue weighted by Gasteiger charge is -2.12. The zero-order valence-corrected chi connectivity index (χ0v) is 17.4.